The van der Waals surface area contributed by atoms with Crippen molar-refractivity contribution in [2.45, 2.75) is 6.18 Å². The summed E-state index contributed by atoms with van der Waals surface area (Å²) in [6.07, 6.45) is -2.06. The van der Waals surface area contributed by atoms with Gasteiger partial charge in [-0.1, -0.05) is 24.8 Å². The lowest BCUT2D eigenvalue weighted by molar-refractivity contribution is -0.137. The summed E-state index contributed by atoms with van der Waals surface area (Å²) in [5, 5.41) is 2.38. The van der Waals surface area contributed by atoms with Crippen molar-refractivity contribution in [2.75, 3.05) is 5.32 Å². The second-order valence-corrected chi connectivity index (χ2v) is 5.80. The lowest BCUT2D eigenvalue weighted by atomic mass is 10.1. The Labute approximate surface area is 156 Å². The minimum Gasteiger partial charge on any atom is -0.323 e. The van der Waals surface area contributed by atoms with Crippen molar-refractivity contribution in [3.05, 3.63) is 84.1 Å². The first-order valence-electron chi connectivity index (χ1n) is 7.98. The molecule has 1 amide bonds. The van der Waals surface area contributed by atoms with Crippen LogP contribution in [0.3, 0.4) is 0 Å². The third-order valence-electron chi connectivity index (χ3n) is 4.03. The Balaban J connectivity index is 1.89. The Bertz CT molecular complexity index is 1040. The number of aromatic nitrogens is 1. The van der Waals surface area contributed by atoms with E-state index in [1.165, 1.54) is 47.3 Å². The van der Waals surface area contributed by atoms with Gasteiger partial charge in [-0.2, -0.15) is 13.2 Å². The number of alkyl halides is 3. The lowest BCUT2D eigenvalue weighted by Gasteiger charge is -2.12. The largest absolute Gasteiger partial charge is 0.418 e. The third kappa shape index (κ3) is 3.66. The molecule has 3 aromatic rings. The molecule has 0 saturated heterocycles. The highest BCUT2D eigenvalue weighted by Gasteiger charge is 2.35. The van der Waals surface area contributed by atoms with Gasteiger partial charge >= 0.3 is 6.18 Å². The Hall–Kier alpha value is -3.42. The zero-order valence-electron chi connectivity index (χ0n) is 14.2. The van der Waals surface area contributed by atoms with Crippen LogP contribution in [0, 0.1) is 11.6 Å². The smallest absolute Gasteiger partial charge is 0.323 e. The van der Waals surface area contributed by atoms with Crippen LogP contribution in [0.1, 0.15) is 15.9 Å². The van der Waals surface area contributed by atoms with E-state index in [0.29, 0.717) is 0 Å². The fourth-order valence-electron chi connectivity index (χ4n) is 2.72. The van der Waals surface area contributed by atoms with Gasteiger partial charge in [0.15, 0.2) is 11.6 Å². The summed E-state index contributed by atoms with van der Waals surface area (Å²) in [4.78, 5) is 12.1. The van der Waals surface area contributed by atoms with Crippen molar-refractivity contribution < 1.29 is 26.7 Å². The Morgan fingerprint density at radius 2 is 1.71 bits per heavy atom. The zero-order valence-corrected chi connectivity index (χ0v) is 14.2. The highest BCUT2D eigenvalue weighted by molar-refractivity contribution is 6.04. The number of amides is 1. The molecule has 0 aliphatic rings. The number of halogens is 5. The average molecular weight is 392 g/mol. The molecule has 1 aromatic heterocycles. The van der Waals surface area contributed by atoms with Crippen molar-refractivity contribution in [3.8, 4) is 11.3 Å². The molecule has 0 aliphatic carbocycles. The van der Waals surface area contributed by atoms with Crippen molar-refractivity contribution in [2.24, 2.45) is 0 Å². The van der Waals surface area contributed by atoms with Gasteiger partial charge in [-0.25, -0.2) is 8.78 Å². The predicted octanol–water partition coefficient (Wildman–Crippen LogP) is 5.80. The molecule has 0 bridgehead atoms. The normalized spacial score (nSPS) is 11.3. The first-order valence-corrected chi connectivity index (χ1v) is 7.98. The number of hydrogen-bond donors (Lipinski definition) is 1. The van der Waals surface area contributed by atoms with Crippen molar-refractivity contribution in [3.63, 3.8) is 0 Å². The molecule has 0 atom stereocenters. The molecule has 144 valence electrons. The molecular weight excluding hydrogens is 379 g/mol. The molecule has 8 heteroatoms. The molecule has 0 spiro atoms. The minimum atomic E-state index is -4.55. The van der Waals surface area contributed by atoms with Gasteiger partial charge in [0.05, 0.1) is 16.8 Å². The van der Waals surface area contributed by atoms with E-state index in [9.17, 15) is 26.7 Å². The molecule has 28 heavy (non-hydrogen) atoms. The van der Waals surface area contributed by atoms with Crippen LogP contribution in [0.25, 0.3) is 17.5 Å². The van der Waals surface area contributed by atoms with E-state index in [-0.39, 0.29) is 16.9 Å². The van der Waals surface area contributed by atoms with Gasteiger partial charge < -0.3 is 9.88 Å². The van der Waals surface area contributed by atoms with Crippen LogP contribution < -0.4 is 5.32 Å². The van der Waals surface area contributed by atoms with Crippen LogP contribution in [0.15, 0.2) is 61.3 Å². The zero-order chi connectivity index (χ0) is 20.5. The number of rotatable bonds is 4. The van der Waals surface area contributed by atoms with E-state index in [1.807, 2.05) is 0 Å². The summed E-state index contributed by atoms with van der Waals surface area (Å²) >= 11 is 0. The van der Waals surface area contributed by atoms with E-state index >= 15 is 0 Å². The Morgan fingerprint density at radius 3 is 2.32 bits per heavy atom. The van der Waals surface area contributed by atoms with Gasteiger partial charge in [-0.3, -0.25) is 4.79 Å². The van der Waals surface area contributed by atoms with Gasteiger partial charge in [0.25, 0.3) is 5.91 Å². The number of nitrogens with zero attached hydrogens (tertiary/aromatic N) is 1. The van der Waals surface area contributed by atoms with Gasteiger partial charge in [0.2, 0.25) is 0 Å². The van der Waals surface area contributed by atoms with E-state index in [2.05, 4.69) is 11.9 Å². The quantitative estimate of drug-likeness (QED) is 0.559. The van der Waals surface area contributed by atoms with Crippen molar-refractivity contribution in [1.82, 2.24) is 4.57 Å². The Morgan fingerprint density at radius 1 is 1.04 bits per heavy atom. The second kappa shape index (κ2) is 7.30. The molecule has 3 nitrogen and oxygen atoms in total. The minimum absolute atomic E-state index is 0.100. The first-order chi connectivity index (χ1) is 13.2. The SMILES string of the molecule is C=Cn1ccc(C(F)(F)F)c1-c1ccc(NC(=O)c2cccc(F)c2F)cc1. The molecular formula is C20H13F5N2O. The van der Waals surface area contributed by atoms with Crippen LogP contribution in [0.4, 0.5) is 27.6 Å². The number of carbonyl (C=O) groups is 1. The molecule has 0 unspecified atom stereocenters. The van der Waals surface area contributed by atoms with Gasteiger partial charge in [-0.05, 0) is 35.9 Å². The van der Waals surface area contributed by atoms with Gasteiger partial charge in [0, 0.05) is 18.1 Å². The molecule has 2 aromatic carbocycles. The van der Waals surface area contributed by atoms with E-state index in [1.54, 1.807) is 0 Å². The highest BCUT2D eigenvalue weighted by Crippen LogP contribution is 2.38. The van der Waals surface area contributed by atoms with E-state index in [4.69, 9.17) is 0 Å². The predicted molar refractivity (Wildman–Crippen MR) is 95.6 cm³/mol. The number of benzene rings is 2. The van der Waals surface area contributed by atoms with Gasteiger partial charge in [0.1, 0.15) is 0 Å². The maximum Gasteiger partial charge on any atom is 0.418 e. The summed E-state index contributed by atoms with van der Waals surface area (Å²) in [6.45, 7) is 3.49. The van der Waals surface area contributed by atoms with Crippen LogP contribution in [-0.2, 0) is 6.18 Å². The van der Waals surface area contributed by atoms with Crippen LogP contribution in [-0.4, -0.2) is 10.5 Å². The molecule has 3 rings (SSSR count). The summed E-state index contributed by atoms with van der Waals surface area (Å²) < 4.78 is 67.8. The number of anilines is 1. The van der Waals surface area contributed by atoms with Crippen LogP contribution >= 0.6 is 0 Å². The fraction of sp³-hybridized carbons (Fsp3) is 0.0500. The lowest BCUT2D eigenvalue weighted by Crippen LogP contribution is -2.14. The van der Waals surface area contributed by atoms with E-state index in [0.717, 1.165) is 18.2 Å². The number of nitrogens with one attached hydrogen (secondary N) is 1. The molecule has 1 heterocycles. The van der Waals surface area contributed by atoms with E-state index < -0.39 is 34.8 Å². The summed E-state index contributed by atoms with van der Waals surface area (Å²) in [5.74, 6) is -3.32. The fourth-order valence-corrected chi connectivity index (χ4v) is 2.72. The number of carbonyl (C=O) groups excluding carboxylic acids is 1. The Kier molecular flexibility index (Phi) is 5.04. The third-order valence-corrected chi connectivity index (χ3v) is 4.03. The highest BCUT2D eigenvalue weighted by atomic mass is 19.4. The summed E-state index contributed by atoms with van der Waals surface area (Å²) in [5.41, 5.74) is -0.957. The molecule has 1 N–H and O–H groups in total. The molecule has 0 saturated carbocycles. The molecule has 0 fully saturated rings. The average Bonchev–Trinajstić information content (AvgIpc) is 3.09. The van der Waals surface area contributed by atoms with Crippen LogP contribution in [0.2, 0.25) is 0 Å². The second-order valence-electron chi connectivity index (χ2n) is 5.80. The first kappa shape index (κ1) is 19.3. The molecule has 0 radical (unpaired) electrons. The standard InChI is InChI=1S/C20H13F5N2O/c1-2-27-11-10-15(20(23,24)25)18(27)12-6-8-13(9-7-12)26-19(28)14-4-3-5-16(21)17(14)22/h2-11H,1H2,(H,26,28). The van der Waals surface area contributed by atoms with Crippen molar-refractivity contribution >= 4 is 17.8 Å². The van der Waals surface area contributed by atoms with Gasteiger partial charge in [-0.15, -0.1) is 0 Å². The monoisotopic (exact) mass is 392 g/mol. The topological polar surface area (TPSA) is 34.0 Å². The van der Waals surface area contributed by atoms with Crippen LogP contribution in [0.5, 0.6) is 0 Å². The molecule has 0 aliphatic heterocycles. The maximum absolute atomic E-state index is 13.7. The summed E-state index contributed by atoms with van der Waals surface area (Å²) in [6, 6.07) is 9.63. The van der Waals surface area contributed by atoms with Crippen molar-refractivity contribution in [1.29, 1.82) is 0 Å². The maximum atomic E-state index is 13.7. The summed E-state index contributed by atoms with van der Waals surface area (Å²) in [7, 11) is 0. The number of hydrogen-bond acceptors (Lipinski definition) is 1.